The van der Waals surface area contributed by atoms with Crippen molar-refractivity contribution in [1.29, 1.82) is 0 Å². The van der Waals surface area contributed by atoms with Gasteiger partial charge in [-0.1, -0.05) is 12.1 Å². The van der Waals surface area contributed by atoms with E-state index in [1.165, 1.54) is 6.07 Å². The molecule has 1 aromatic heterocycles. The van der Waals surface area contributed by atoms with Crippen LogP contribution < -0.4 is 9.62 Å². The van der Waals surface area contributed by atoms with Gasteiger partial charge >= 0.3 is 0 Å². The standard InChI is InChI=1S/C17H19N5O3S2/c1-12(19-15-13-4-2-3-5-14(13)27(24,25)20-15)16(23)21-7-9-22(10-8-21)17-18-6-11-26-17/h2-6,11-12H,7-10H2,1H3,(H,19,20)/t12-/m0/s1. The number of hydrogen-bond acceptors (Lipinski definition) is 7. The van der Waals surface area contributed by atoms with Gasteiger partial charge in [0.05, 0.1) is 4.90 Å². The van der Waals surface area contributed by atoms with Gasteiger partial charge in [-0.3, -0.25) is 14.5 Å². The number of amidine groups is 1. The number of hydrogen-bond donors (Lipinski definition) is 1. The number of rotatable bonds is 3. The second-order valence-corrected chi connectivity index (χ2v) is 8.91. The van der Waals surface area contributed by atoms with Crippen LogP contribution in [0, 0.1) is 0 Å². The fourth-order valence-corrected chi connectivity index (χ4v) is 5.17. The van der Waals surface area contributed by atoms with Gasteiger partial charge in [-0.15, -0.1) is 11.3 Å². The smallest absolute Gasteiger partial charge is 0.263 e. The van der Waals surface area contributed by atoms with Crippen LogP contribution in [0.25, 0.3) is 0 Å². The van der Waals surface area contributed by atoms with Gasteiger partial charge in [-0.05, 0) is 19.1 Å². The third-order valence-electron chi connectivity index (χ3n) is 4.62. The number of nitrogens with zero attached hydrogens (tertiary/aromatic N) is 4. The van der Waals surface area contributed by atoms with Gasteiger partial charge in [0.25, 0.3) is 10.0 Å². The molecule has 1 saturated heterocycles. The lowest BCUT2D eigenvalue weighted by molar-refractivity contribution is -0.132. The first kappa shape index (κ1) is 17.9. The normalized spacial score (nSPS) is 21.0. The molecular weight excluding hydrogens is 386 g/mol. The molecule has 1 fully saturated rings. The molecule has 0 radical (unpaired) electrons. The van der Waals surface area contributed by atoms with E-state index in [1.54, 1.807) is 47.6 Å². The van der Waals surface area contributed by atoms with Crippen molar-refractivity contribution in [2.75, 3.05) is 31.1 Å². The molecule has 4 rings (SSSR count). The lowest BCUT2D eigenvalue weighted by Gasteiger charge is -2.35. The SMILES string of the molecule is C[C@H](N=C1NS(=O)(=O)c2ccccc21)C(=O)N1CCN(c2nccs2)CC1. The molecule has 2 aliphatic heterocycles. The monoisotopic (exact) mass is 405 g/mol. The maximum atomic E-state index is 12.8. The van der Waals surface area contributed by atoms with Crippen LogP contribution in [0.3, 0.4) is 0 Å². The minimum absolute atomic E-state index is 0.107. The highest BCUT2D eigenvalue weighted by molar-refractivity contribution is 7.90. The van der Waals surface area contributed by atoms with Gasteiger partial charge in [0.1, 0.15) is 11.9 Å². The maximum Gasteiger partial charge on any atom is 0.263 e. The molecule has 0 aliphatic carbocycles. The molecule has 0 spiro atoms. The summed E-state index contributed by atoms with van der Waals surface area (Å²) < 4.78 is 26.8. The van der Waals surface area contributed by atoms with E-state index in [1.807, 2.05) is 5.38 Å². The lowest BCUT2D eigenvalue weighted by atomic mass is 10.2. The van der Waals surface area contributed by atoms with E-state index in [0.717, 1.165) is 18.2 Å². The Kier molecular flexibility index (Phi) is 4.60. The van der Waals surface area contributed by atoms with Crippen LogP contribution in [-0.2, 0) is 14.8 Å². The van der Waals surface area contributed by atoms with Crippen LogP contribution in [0.1, 0.15) is 12.5 Å². The van der Waals surface area contributed by atoms with Gasteiger partial charge in [-0.2, -0.15) is 0 Å². The van der Waals surface area contributed by atoms with Gasteiger partial charge in [0.2, 0.25) is 5.91 Å². The molecule has 0 bridgehead atoms. The van der Waals surface area contributed by atoms with Gasteiger partial charge < -0.3 is 9.80 Å². The van der Waals surface area contributed by atoms with Gasteiger partial charge in [0.15, 0.2) is 5.13 Å². The summed E-state index contributed by atoms with van der Waals surface area (Å²) in [6, 6.07) is 5.97. The first-order valence-corrected chi connectivity index (χ1v) is 11.0. The van der Waals surface area contributed by atoms with Crippen LogP contribution in [0.15, 0.2) is 45.7 Å². The summed E-state index contributed by atoms with van der Waals surface area (Å²) >= 11 is 1.58. The average molecular weight is 406 g/mol. The molecule has 27 heavy (non-hydrogen) atoms. The van der Waals surface area contributed by atoms with E-state index in [-0.39, 0.29) is 16.6 Å². The van der Waals surface area contributed by atoms with Crippen molar-refractivity contribution < 1.29 is 13.2 Å². The highest BCUT2D eigenvalue weighted by Crippen LogP contribution is 2.23. The van der Waals surface area contributed by atoms with E-state index in [9.17, 15) is 13.2 Å². The molecule has 2 aliphatic rings. The Morgan fingerprint density at radius 1 is 1.26 bits per heavy atom. The van der Waals surface area contributed by atoms with Crippen molar-refractivity contribution in [3.8, 4) is 0 Å². The molecule has 1 atom stereocenters. The fraction of sp³-hybridized carbons (Fsp3) is 0.353. The molecule has 3 heterocycles. The number of aliphatic imine (C=N–C) groups is 1. The molecule has 0 saturated carbocycles. The summed E-state index contributed by atoms with van der Waals surface area (Å²) in [5.74, 6) is 0.123. The number of piperazine rings is 1. The molecule has 1 amide bonds. The molecule has 2 aromatic rings. The molecule has 0 unspecified atom stereocenters. The van der Waals surface area contributed by atoms with E-state index in [4.69, 9.17) is 0 Å². The number of fused-ring (bicyclic) bond motifs is 1. The van der Waals surface area contributed by atoms with Crippen LogP contribution in [0.5, 0.6) is 0 Å². The summed E-state index contributed by atoms with van der Waals surface area (Å²) in [4.78, 5) is 25.6. The van der Waals surface area contributed by atoms with E-state index < -0.39 is 16.1 Å². The predicted molar refractivity (Wildman–Crippen MR) is 104 cm³/mol. The van der Waals surface area contributed by atoms with Crippen molar-refractivity contribution in [2.45, 2.75) is 17.9 Å². The Morgan fingerprint density at radius 3 is 2.70 bits per heavy atom. The Hall–Kier alpha value is -2.46. The number of thiazole rings is 1. The van der Waals surface area contributed by atoms with Crippen molar-refractivity contribution in [2.24, 2.45) is 4.99 Å². The Morgan fingerprint density at radius 2 is 2.00 bits per heavy atom. The van der Waals surface area contributed by atoms with E-state index in [2.05, 4.69) is 19.6 Å². The first-order valence-electron chi connectivity index (χ1n) is 8.59. The fourth-order valence-electron chi connectivity index (χ4n) is 3.23. The van der Waals surface area contributed by atoms with Gasteiger partial charge in [0, 0.05) is 43.3 Å². The maximum absolute atomic E-state index is 12.8. The number of amides is 1. The predicted octanol–water partition coefficient (Wildman–Crippen LogP) is 0.919. The highest BCUT2D eigenvalue weighted by Gasteiger charge is 2.32. The van der Waals surface area contributed by atoms with Crippen LogP contribution in [0.2, 0.25) is 0 Å². The number of carbonyl (C=O) groups excluding carboxylic acids is 1. The summed E-state index contributed by atoms with van der Waals surface area (Å²) in [5.41, 5.74) is 0.505. The van der Waals surface area contributed by atoms with Crippen LogP contribution in [-0.4, -0.2) is 62.3 Å². The van der Waals surface area contributed by atoms with Crippen LogP contribution in [0.4, 0.5) is 5.13 Å². The number of nitrogens with one attached hydrogen (secondary N) is 1. The number of sulfonamides is 1. The molecule has 1 aromatic carbocycles. The van der Waals surface area contributed by atoms with Crippen molar-refractivity contribution >= 4 is 38.2 Å². The minimum atomic E-state index is -3.60. The Bertz CT molecular complexity index is 980. The van der Waals surface area contributed by atoms with Crippen molar-refractivity contribution in [1.82, 2.24) is 14.6 Å². The third kappa shape index (κ3) is 3.42. The number of anilines is 1. The summed E-state index contributed by atoms with van der Waals surface area (Å²) in [5, 5.41) is 2.90. The number of benzene rings is 1. The Labute approximate surface area is 161 Å². The lowest BCUT2D eigenvalue weighted by Crippen LogP contribution is -2.51. The second-order valence-electron chi connectivity index (χ2n) is 6.38. The summed E-state index contributed by atoms with van der Waals surface area (Å²) in [7, 11) is -3.60. The molecule has 142 valence electrons. The zero-order chi connectivity index (χ0) is 19.0. The van der Waals surface area contributed by atoms with Crippen LogP contribution >= 0.6 is 11.3 Å². The number of carbonyl (C=O) groups is 1. The largest absolute Gasteiger partial charge is 0.345 e. The Balaban J connectivity index is 1.46. The highest BCUT2D eigenvalue weighted by atomic mass is 32.2. The average Bonchev–Trinajstić information content (AvgIpc) is 3.29. The molecule has 10 heteroatoms. The molecule has 8 nitrogen and oxygen atoms in total. The van der Waals surface area contributed by atoms with E-state index >= 15 is 0 Å². The molecule has 1 N–H and O–H groups in total. The molecular formula is C17H19N5O3S2. The minimum Gasteiger partial charge on any atom is -0.345 e. The zero-order valence-electron chi connectivity index (χ0n) is 14.7. The number of aromatic nitrogens is 1. The van der Waals surface area contributed by atoms with E-state index in [0.29, 0.717) is 18.7 Å². The van der Waals surface area contributed by atoms with Crippen molar-refractivity contribution in [3.63, 3.8) is 0 Å². The topological polar surface area (TPSA) is 95.0 Å². The quantitative estimate of drug-likeness (QED) is 0.819. The summed E-state index contributed by atoms with van der Waals surface area (Å²) in [6.07, 6.45) is 1.77. The summed E-state index contributed by atoms with van der Waals surface area (Å²) in [6.45, 7) is 4.32. The van der Waals surface area contributed by atoms with Crippen molar-refractivity contribution in [3.05, 3.63) is 41.4 Å². The third-order valence-corrected chi connectivity index (χ3v) is 6.85. The van der Waals surface area contributed by atoms with Gasteiger partial charge in [-0.25, -0.2) is 13.4 Å². The first-order chi connectivity index (χ1) is 13.0. The second kappa shape index (κ2) is 6.93. The zero-order valence-corrected chi connectivity index (χ0v) is 16.3.